The largest absolute Gasteiger partial charge is 0.507 e. The van der Waals surface area contributed by atoms with Gasteiger partial charge in [-0.25, -0.2) is 0 Å². The van der Waals surface area contributed by atoms with Crippen LogP contribution in [0.4, 0.5) is 5.69 Å². The standard InChI is InChI=1S/C33H38N2O12/c1-14-30-19(35-8-10-44-32(43-3)31(35)47-30)11-21(45-14)46-20-13-33(42,15(2)37)12-17-23(20)29(41)25-24(27(17)39)26(38)16-5-4-6-18(34-7-9-36)22(16)28(25)40/h4-6,14,19-21,30-32,34,36,39,41-42H,7-13H2,1-3H3/t14-,19-,20-,21-,30+,31+,32-,33-/m0/s1. The second-order valence-corrected chi connectivity index (χ2v) is 12.7. The zero-order chi connectivity index (χ0) is 33.4. The van der Waals surface area contributed by atoms with Crippen LogP contribution in [0.25, 0.3) is 0 Å². The highest BCUT2D eigenvalue weighted by atomic mass is 16.7. The second kappa shape index (κ2) is 11.9. The third-order valence-corrected chi connectivity index (χ3v) is 10.1. The quantitative estimate of drug-likeness (QED) is 0.228. The molecule has 0 saturated carbocycles. The summed E-state index contributed by atoms with van der Waals surface area (Å²) < 4.78 is 30.2. The molecular formula is C33H38N2O12. The number of rotatable bonds is 7. The Morgan fingerprint density at radius 1 is 1.13 bits per heavy atom. The fraction of sp³-hybridized carbons (Fsp3) is 0.545. The highest BCUT2D eigenvalue weighted by molar-refractivity contribution is 6.32. The molecule has 2 aliphatic carbocycles. The van der Waals surface area contributed by atoms with Crippen molar-refractivity contribution in [3.05, 3.63) is 51.6 Å². The third-order valence-electron chi connectivity index (χ3n) is 10.1. The number of hydrogen-bond acceptors (Lipinski definition) is 14. The summed E-state index contributed by atoms with van der Waals surface area (Å²) in [6.07, 6.45) is -4.26. The molecule has 252 valence electrons. The molecule has 14 heteroatoms. The topological polar surface area (TPSA) is 194 Å². The van der Waals surface area contributed by atoms with Crippen LogP contribution in [0.5, 0.6) is 11.5 Å². The molecule has 0 spiro atoms. The Morgan fingerprint density at radius 3 is 2.62 bits per heavy atom. The van der Waals surface area contributed by atoms with Gasteiger partial charge in [0.25, 0.3) is 0 Å². The van der Waals surface area contributed by atoms with Gasteiger partial charge >= 0.3 is 0 Å². The number of Topliss-reactive ketones (excluding diaryl/α,β-unsaturated/α-hetero) is 1. The maximum absolute atomic E-state index is 14.0. The lowest BCUT2D eigenvalue weighted by Gasteiger charge is -2.43. The number of ether oxygens (including phenoxy) is 5. The minimum atomic E-state index is -2.00. The number of phenols is 2. The van der Waals surface area contributed by atoms with Crippen LogP contribution in [0.15, 0.2) is 18.2 Å². The van der Waals surface area contributed by atoms with Crippen LogP contribution in [-0.2, 0) is 34.9 Å². The van der Waals surface area contributed by atoms with Crippen LogP contribution < -0.4 is 5.32 Å². The molecule has 47 heavy (non-hydrogen) atoms. The van der Waals surface area contributed by atoms with Gasteiger partial charge in [-0.05, 0) is 19.9 Å². The van der Waals surface area contributed by atoms with Crippen molar-refractivity contribution in [2.45, 2.75) is 81.9 Å². The third kappa shape index (κ3) is 4.97. The number of anilines is 1. The fourth-order valence-corrected chi connectivity index (χ4v) is 7.80. The molecule has 2 aromatic carbocycles. The molecule has 7 rings (SSSR count). The number of nitrogens with one attached hydrogen (secondary N) is 1. The molecule has 5 aliphatic rings. The average molecular weight is 655 g/mol. The second-order valence-electron chi connectivity index (χ2n) is 12.7. The predicted octanol–water partition coefficient (Wildman–Crippen LogP) is 1.13. The SMILES string of the molecule is CO[C@H]1OCCN2[C@@H]1O[C@@H]1[C@H](C)O[C@@H](O[C@H]3C[C@](O)(C(C)=O)Cc4c(O)c5c(c(O)c43)C(=O)c3c(NCCO)cccc3C5=O)C[C@@H]12. The van der Waals surface area contributed by atoms with Crippen molar-refractivity contribution >= 4 is 23.0 Å². The Balaban J connectivity index is 1.28. The van der Waals surface area contributed by atoms with E-state index < -0.39 is 83.0 Å². The van der Waals surface area contributed by atoms with E-state index in [-0.39, 0.29) is 59.7 Å². The van der Waals surface area contributed by atoms with Gasteiger partial charge in [-0.3, -0.25) is 19.3 Å². The lowest BCUT2D eigenvalue weighted by atomic mass is 9.72. The molecule has 8 atom stereocenters. The Morgan fingerprint density at radius 2 is 1.89 bits per heavy atom. The van der Waals surface area contributed by atoms with Crippen molar-refractivity contribution in [3.8, 4) is 11.5 Å². The number of nitrogens with zero attached hydrogens (tertiary/aromatic N) is 1. The molecule has 0 radical (unpaired) electrons. The Kier molecular flexibility index (Phi) is 8.12. The summed E-state index contributed by atoms with van der Waals surface area (Å²) in [6.45, 7) is 3.97. The molecular weight excluding hydrogens is 616 g/mol. The molecule has 0 bridgehead atoms. The van der Waals surface area contributed by atoms with E-state index >= 15 is 0 Å². The number of morpholine rings is 1. The lowest BCUT2D eigenvalue weighted by Crippen LogP contribution is -2.55. The minimum absolute atomic E-state index is 0.000544. The van der Waals surface area contributed by atoms with Gasteiger partial charge in [-0.15, -0.1) is 0 Å². The summed E-state index contributed by atoms with van der Waals surface area (Å²) in [6, 6.07) is 4.43. The van der Waals surface area contributed by atoms with Gasteiger partial charge in [0.1, 0.15) is 23.2 Å². The maximum Gasteiger partial charge on any atom is 0.200 e. The smallest absolute Gasteiger partial charge is 0.200 e. The van der Waals surface area contributed by atoms with Gasteiger partial charge in [-0.2, -0.15) is 0 Å². The number of hydrogen-bond donors (Lipinski definition) is 5. The van der Waals surface area contributed by atoms with Crippen LogP contribution in [0, 0.1) is 0 Å². The highest BCUT2D eigenvalue weighted by Crippen LogP contribution is 2.53. The van der Waals surface area contributed by atoms with Crippen LogP contribution in [0.3, 0.4) is 0 Å². The van der Waals surface area contributed by atoms with Gasteiger partial charge in [0.15, 0.2) is 36.2 Å². The average Bonchev–Trinajstić information content (AvgIpc) is 3.43. The maximum atomic E-state index is 14.0. The first kappa shape index (κ1) is 32.1. The van der Waals surface area contributed by atoms with E-state index in [0.29, 0.717) is 19.6 Å². The fourth-order valence-electron chi connectivity index (χ4n) is 7.80. The number of phenolic OH excluding ortho intramolecular Hbond substituents is 2. The molecule has 0 amide bonds. The number of benzene rings is 2. The summed E-state index contributed by atoms with van der Waals surface area (Å²) in [4.78, 5) is 42.8. The highest BCUT2D eigenvalue weighted by Gasteiger charge is 2.55. The van der Waals surface area contributed by atoms with E-state index in [2.05, 4.69) is 10.2 Å². The van der Waals surface area contributed by atoms with E-state index in [9.17, 15) is 34.8 Å². The van der Waals surface area contributed by atoms with Crippen molar-refractivity contribution in [1.82, 2.24) is 4.90 Å². The molecule has 5 N–H and O–H groups in total. The summed E-state index contributed by atoms with van der Waals surface area (Å²) in [7, 11) is 1.55. The van der Waals surface area contributed by atoms with Crippen LogP contribution in [0.2, 0.25) is 0 Å². The molecule has 0 aromatic heterocycles. The number of fused-ring (bicyclic) bond motifs is 6. The first-order valence-electron chi connectivity index (χ1n) is 15.8. The predicted molar refractivity (Wildman–Crippen MR) is 161 cm³/mol. The van der Waals surface area contributed by atoms with Crippen molar-refractivity contribution in [3.63, 3.8) is 0 Å². The normalized spacial score (nSPS) is 33.0. The van der Waals surface area contributed by atoms with Crippen molar-refractivity contribution in [1.29, 1.82) is 0 Å². The molecule has 3 heterocycles. The number of carbonyl (C=O) groups excluding carboxylic acids is 3. The number of ketones is 3. The van der Waals surface area contributed by atoms with E-state index in [0.717, 1.165) is 0 Å². The van der Waals surface area contributed by atoms with Gasteiger partial charge in [-0.1, -0.05) is 12.1 Å². The van der Waals surface area contributed by atoms with Crippen molar-refractivity contribution in [2.24, 2.45) is 0 Å². The van der Waals surface area contributed by atoms with Gasteiger partial charge < -0.3 is 49.4 Å². The van der Waals surface area contributed by atoms with E-state index in [1.54, 1.807) is 19.2 Å². The van der Waals surface area contributed by atoms with Gasteiger partial charge in [0, 0.05) is 67.9 Å². The molecule has 2 aromatic rings. The first-order chi connectivity index (χ1) is 22.5. The molecule has 3 aliphatic heterocycles. The summed E-state index contributed by atoms with van der Waals surface area (Å²) in [5.41, 5.74) is -2.60. The monoisotopic (exact) mass is 654 g/mol. The van der Waals surface area contributed by atoms with E-state index in [1.807, 2.05) is 6.92 Å². The molecule has 0 unspecified atom stereocenters. The minimum Gasteiger partial charge on any atom is -0.507 e. The Hall–Kier alpha value is -3.47. The number of aromatic hydroxyl groups is 2. The zero-order valence-corrected chi connectivity index (χ0v) is 26.2. The van der Waals surface area contributed by atoms with Crippen LogP contribution in [0.1, 0.15) is 75.8 Å². The van der Waals surface area contributed by atoms with E-state index in [1.165, 1.54) is 13.0 Å². The van der Waals surface area contributed by atoms with Crippen LogP contribution >= 0.6 is 0 Å². The van der Waals surface area contributed by atoms with Crippen molar-refractivity contribution in [2.75, 3.05) is 38.7 Å². The lowest BCUT2D eigenvalue weighted by molar-refractivity contribution is -0.256. The number of methoxy groups -OCH3 is 1. The van der Waals surface area contributed by atoms with Crippen LogP contribution in [-0.4, -0.2) is 119 Å². The van der Waals surface area contributed by atoms with Gasteiger partial charge in [0.05, 0.1) is 42.1 Å². The van der Waals surface area contributed by atoms with E-state index in [4.69, 9.17) is 23.7 Å². The molecule has 14 nitrogen and oxygen atoms in total. The molecule has 3 fully saturated rings. The van der Waals surface area contributed by atoms with Crippen molar-refractivity contribution < 1.29 is 58.5 Å². The van der Waals surface area contributed by atoms with Gasteiger partial charge in [0.2, 0.25) is 0 Å². The Bertz CT molecular complexity index is 1650. The Labute approximate surface area is 270 Å². The number of carbonyl (C=O) groups is 3. The zero-order valence-electron chi connectivity index (χ0n) is 26.2. The summed E-state index contributed by atoms with van der Waals surface area (Å²) in [5, 5.41) is 47.2. The first-order valence-corrected chi connectivity index (χ1v) is 15.8. The summed E-state index contributed by atoms with van der Waals surface area (Å²) >= 11 is 0. The number of aliphatic hydroxyl groups is 2. The molecule has 3 saturated heterocycles. The number of aliphatic hydroxyl groups excluding tert-OH is 1. The summed E-state index contributed by atoms with van der Waals surface area (Å²) in [5.74, 6) is -3.20.